The van der Waals surface area contributed by atoms with Gasteiger partial charge in [-0.25, -0.2) is 0 Å². The van der Waals surface area contributed by atoms with Gasteiger partial charge < -0.3 is 10.2 Å². The summed E-state index contributed by atoms with van der Waals surface area (Å²) in [7, 11) is -0.519. The van der Waals surface area contributed by atoms with Gasteiger partial charge in [-0.15, -0.1) is 10.5 Å². The van der Waals surface area contributed by atoms with Crippen LogP contribution >= 0.6 is 10.5 Å². The highest BCUT2D eigenvalue weighted by atomic mass is 32.2. The van der Waals surface area contributed by atoms with E-state index in [9.17, 15) is 0 Å². The van der Waals surface area contributed by atoms with Crippen LogP contribution in [0.25, 0.3) is 0 Å². The Kier molecular flexibility index (Phi) is 3.47. The van der Waals surface area contributed by atoms with E-state index in [0.717, 1.165) is 10.6 Å². The van der Waals surface area contributed by atoms with Gasteiger partial charge in [0, 0.05) is 4.90 Å². The number of benzene rings is 1. The number of aliphatic hydroxyl groups is 2. The molecule has 0 aliphatic heterocycles. The van der Waals surface area contributed by atoms with Gasteiger partial charge in [0.25, 0.3) is 0 Å². The second kappa shape index (κ2) is 4.40. The molecule has 1 rings (SSSR count). The van der Waals surface area contributed by atoms with E-state index in [0.29, 0.717) is 0 Å². The molecule has 2 nitrogen and oxygen atoms in total. The van der Waals surface area contributed by atoms with E-state index >= 15 is 0 Å². The largest absolute Gasteiger partial charge is 0.336 e. The lowest BCUT2D eigenvalue weighted by Gasteiger charge is -2.05. The molecule has 0 fully saturated rings. The van der Waals surface area contributed by atoms with Crippen LogP contribution in [0.15, 0.2) is 35.2 Å². The third-order valence-corrected chi connectivity index (χ3v) is 3.40. The first-order chi connectivity index (χ1) is 5.75. The van der Waals surface area contributed by atoms with Gasteiger partial charge >= 0.3 is 0 Å². The fraction of sp³-hybridized carbons (Fsp3) is 0.222. The monoisotopic (exact) mass is 184 g/mol. The van der Waals surface area contributed by atoms with Gasteiger partial charge in [-0.1, -0.05) is 25.1 Å². The summed E-state index contributed by atoms with van der Waals surface area (Å²) in [5.74, 6) is 0.729. The second-order valence-electron chi connectivity index (χ2n) is 2.28. The van der Waals surface area contributed by atoms with Crippen molar-refractivity contribution in [2.45, 2.75) is 11.8 Å². The first kappa shape index (κ1) is 9.45. The molecule has 0 aliphatic carbocycles. The van der Waals surface area contributed by atoms with E-state index in [2.05, 4.69) is 0 Å². The minimum atomic E-state index is -0.519. The van der Waals surface area contributed by atoms with Crippen LogP contribution in [0.1, 0.15) is 6.92 Å². The smallest absolute Gasteiger partial charge is 0.209 e. The number of aliphatic hydroxyl groups excluding tert-OH is 1. The highest BCUT2D eigenvalue weighted by molar-refractivity contribution is 8.15. The number of hydrogen-bond donors (Lipinski definition) is 2. The first-order valence-electron chi connectivity index (χ1n) is 3.76. The van der Waals surface area contributed by atoms with Crippen molar-refractivity contribution in [3.63, 3.8) is 0 Å². The maximum Gasteiger partial charge on any atom is 0.209 e. The van der Waals surface area contributed by atoms with Crippen LogP contribution in [0.5, 0.6) is 0 Å². The summed E-state index contributed by atoms with van der Waals surface area (Å²) in [5.41, 5.74) is 0. The van der Waals surface area contributed by atoms with Gasteiger partial charge in [0.05, 0.1) is 0 Å². The fourth-order valence-electron chi connectivity index (χ4n) is 0.986. The van der Waals surface area contributed by atoms with Gasteiger partial charge in [-0.2, -0.15) is 0 Å². The SMILES string of the molecule is CCS(=C(O)O)c1ccccc1. The lowest BCUT2D eigenvalue weighted by atomic mass is 10.4. The highest BCUT2D eigenvalue weighted by Crippen LogP contribution is 2.25. The van der Waals surface area contributed by atoms with Crippen LogP contribution < -0.4 is 0 Å². The molecule has 0 aliphatic rings. The molecule has 1 aromatic rings. The summed E-state index contributed by atoms with van der Waals surface area (Å²) in [6.07, 6.45) is 0. The maximum absolute atomic E-state index is 8.95. The Morgan fingerprint density at radius 1 is 1.25 bits per heavy atom. The van der Waals surface area contributed by atoms with Gasteiger partial charge in [-0.05, 0) is 17.9 Å². The van der Waals surface area contributed by atoms with Crippen molar-refractivity contribution in [3.05, 3.63) is 30.3 Å². The van der Waals surface area contributed by atoms with Crippen molar-refractivity contribution >= 4 is 15.7 Å². The molecule has 2 N–H and O–H groups in total. The van der Waals surface area contributed by atoms with Crippen LogP contribution in [0.3, 0.4) is 0 Å². The van der Waals surface area contributed by atoms with E-state index in [4.69, 9.17) is 10.2 Å². The van der Waals surface area contributed by atoms with E-state index in [1.807, 2.05) is 37.3 Å². The van der Waals surface area contributed by atoms with Crippen molar-refractivity contribution in [1.29, 1.82) is 0 Å². The fourth-order valence-corrected chi connectivity index (χ4v) is 2.27. The molecule has 1 unspecified atom stereocenters. The molecule has 66 valence electrons. The highest BCUT2D eigenvalue weighted by Gasteiger charge is 2.00. The molecular weight excluding hydrogens is 172 g/mol. The molecule has 0 aromatic heterocycles. The number of hydrogen-bond acceptors (Lipinski definition) is 0. The van der Waals surface area contributed by atoms with E-state index in [1.165, 1.54) is 0 Å². The van der Waals surface area contributed by atoms with Crippen molar-refractivity contribution < 1.29 is 10.2 Å². The summed E-state index contributed by atoms with van der Waals surface area (Å²) >= 11 is 0. The molecule has 1 atom stereocenters. The molecule has 0 spiro atoms. The summed E-state index contributed by atoms with van der Waals surface area (Å²) < 4.78 is 0. The lowest BCUT2D eigenvalue weighted by Crippen LogP contribution is -1.95. The third kappa shape index (κ3) is 2.17. The van der Waals surface area contributed by atoms with Crippen LogP contribution in [-0.2, 0) is 0 Å². The molecular formula is C9H12O2S. The predicted octanol–water partition coefficient (Wildman–Crippen LogP) is 2.54. The average molecular weight is 184 g/mol. The minimum absolute atomic E-state index is 0.469. The zero-order valence-electron chi connectivity index (χ0n) is 6.90. The first-order valence-corrected chi connectivity index (χ1v) is 5.16. The molecule has 12 heavy (non-hydrogen) atoms. The zero-order valence-corrected chi connectivity index (χ0v) is 7.71. The van der Waals surface area contributed by atoms with Gasteiger partial charge in [0.1, 0.15) is 0 Å². The van der Waals surface area contributed by atoms with Crippen molar-refractivity contribution in [1.82, 2.24) is 0 Å². The second-order valence-corrected chi connectivity index (χ2v) is 4.47. The Balaban J connectivity index is 3.05. The van der Waals surface area contributed by atoms with Gasteiger partial charge in [0.2, 0.25) is 5.24 Å². The average Bonchev–Trinajstić information content (AvgIpc) is 2.07. The zero-order chi connectivity index (χ0) is 8.97. The Hall–Kier alpha value is -0.640. The molecule has 3 heteroatoms. The Bertz CT molecular complexity index is 276. The molecule has 0 saturated heterocycles. The van der Waals surface area contributed by atoms with Crippen LogP contribution in [0.2, 0.25) is 0 Å². The van der Waals surface area contributed by atoms with E-state index in [1.54, 1.807) is 0 Å². The Morgan fingerprint density at radius 3 is 2.25 bits per heavy atom. The normalized spacial score (nSPS) is 12.6. The lowest BCUT2D eigenvalue weighted by molar-refractivity contribution is 0.384. The van der Waals surface area contributed by atoms with Gasteiger partial charge in [0.15, 0.2) is 0 Å². The molecule has 0 saturated carbocycles. The Labute approximate surface area is 74.4 Å². The predicted molar refractivity (Wildman–Crippen MR) is 53.1 cm³/mol. The van der Waals surface area contributed by atoms with Crippen molar-refractivity contribution in [2.24, 2.45) is 0 Å². The summed E-state index contributed by atoms with van der Waals surface area (Å²) in [4.78, 5) is 0.972. The van der Waals surface area contributed by atoms with E-state index in [-0.39, 0.29) is 0 Å². The van der Waals surface area contributed by atoms with Crippen LogP contribution in [0.4, 0.5) is 0 Å². The quantitative estimate of drug-likeness (QED) is 0.693. The molecule has 1 aromatic carbocycles. The third-order valence-electron chi connectivity index (χ3n) is 1.54. The standard InChI is InChI=1S/C9H12O2S/c1-2-12(9(10)11)8-6-4-3-5-7-8/h3-7,10-11H,2H2,1H3. The molecule has 0 radical (unpaired) electrons. The van der Waals surface area contributed by atoms with Crippen molar-refractivity contribution in [3.8, 4) is 0 Å². The van der Waals surface area contributed by atoms with Crippen LogP contribution in [0, 0.1) is 0 Å². The number of rotatable bonds is 2. The summed E-state index contributed by atoms with van der Waals surface area (Å²) in [6.45, 7) is 1.93. The van der Waals surface area contributed by atoms with Crippen LogP contribution in [-0.4, -0.2) is 21.2 Å². The summed E-state index contributed by atoms with van der Waals surface area (Å²) in [6, 6.07) is 9.51. The van der Waals surface area contributed by atoms with Crippen molar-refractivity contribution in [2.75, 3.05) is 5.75 Å². The van der Waals surface area contributed by atoms with Gasteiger partial charge in [-0.3, -0.25) is 0 Å². The maximum atomic E-state index is 8.95. The van der Waals surface area contributed by atoms with E-state index < -0.39 is 15.7 Å². The molecule has 0 bridgehead atoms. The topological polar surface area (TPSA) is 40.5 Å². The molecule has 0 heterocycles. The summed E-state index contributed by atoms with van der Waals surface area (Å²) in [5, 5.41) is 17.4. The molecule has 0 amide bonds. The Morgan fingerprint density at radius 2 is 1.83 bits per heavy atom. The minimum Gasteiger partial charge on any atom is -0.336 e.